The maximum atomic E-state index is 13.7. The highest BCUT2D eigenvalue weighted by Crippen LogP contribution is 2.18. The van der Waals surface area contributed by atoms with E-state index in [0.717, 1.165) is 55.9 Å². The number of guanidine groups is 1. The number of rotatable bonds is 4. The van der Waals surface area contributed by atoms with Gasteiger partial charge in [0.1, 0.15) is 11.6 Å². The van der Waals surface area contributed by atoms with E-state index in [2.05, 4.69) is 46.2 Å². The minimum Gasteiger partial charge on any atom is -0.349 e. The van der Waals surface area contributed by atoms with Crippen LogP contribution in [0.4, 0.5) is 4.39 Å². The van der Waals surface area contributed by atoms with Gasteiger partial charge < -0.3 is 14.8 Å². The van der Waals surface area contributed by atoms with Crippen LogP contribution in [0.2, 0.25) is 0 Å². The summed E-state index contributed by atoms with van der Waals surface area (Å²) in [4.78, 5) is 8.96. The van der Waals surface area contributed by atoms with Crippen molar-refractivity contribution in [1.82, 2.24) is 29.9 Å². The Labute approximate surface area is 190 Å². The summed E-state index contributed by atoms with van der Waals surface area (Å²) in [7, 11) is 3.75. The highest BCUT2D eigenvalue weighted by atomic mass is 127. The molecular formula is C18H26BrFIN7. The second-order valence-electron chi connectivity index (χ2n) is 6.63. The predicted octanol–water partition coefficient (Wildman–Crippen LogP) is 2.54. The normalized spacial score (nSPS) is 15.5. The van der Waals surface area contributed by atoms with Crippen LogP contribution in [0.25, 0.3) is 0 Å². The topological polar surface area (TPSA) is 61.6 Å². The molecule has 2 heterocycles. The zero-order chi connectivity index (χ0) is 19.4. The Bertz CT molecular complexity index is 818. The zero-order valence-corrected chi connectivity index (χ0v) is 20.2. The second kappa shape index (κ2) is 10.5. The summed E-state index contributed by atoms with van der Waals surface area (Å²) in [5, 5.41) is 11.6. The minimum absolute atomic E-state index is 0. The van der Waals surface area contributed by atoms with Crippen LogP contribution in [0.5, 0.6) is 0 Å². The van der Waals surface area contributed by atoms with Crippen molar-refractivity contribution in [3.05, 3.63) is 45.7 Å². The maximum absolute atomic E-state index is 13.7. The summed E-state index contributed by atoms with van der Waals surface area (Å²) < 4.78 is 16.2. The molecule has 0 unspecified atom stereocenters. The van der Waals surface area contributed by atoms with E-state index in [-0.39, 0.29) is 29.8 Å². The molecule has 0 amide bonds. The molecule has 1 fully saturated rings. The number of piperazine rings is 1. The number of nitrogens with zero attached hydrogens (tertiary/aromatic N) is 6. The molecule has 7 nitrogen and oxygen atoms in total. The summed E-state index contributed by atoms with van der Waals surface area (Å²) in [6.45, 7) is 6.82. The van der Waals surface area contributed by atoms with Crippen molar-refractivity contribution < 1.29 is 4.39 Å². The fraction of sp³-hybridized carbons (Fsp3) is 0.500. The van der Waals surface area contributed by atoms with Crippen molar-refractivity contribution in [2.24, 2.45) is 12.0 Å². The lowest BCUT2D eigenvalue weighted by Crippen LogP contribution is -2.52. The Kier molecular flexibility index (Phi) is 8.62. The number of aryl methyl sites for hydroxylation is 1. The van der Waals surface area contributed by atoms with Gasteiger partial charge in [-0.3, -0.25) is 9.89 Å². The molecule has 1 saturated heterocycles. The van der Waals surface area contributed by atoms with E-state index in [1.54, 1.807) is 19.2 Å². The molecule has 10 heteroatoms. The van der Waals surface area contributed by atoms with E-state index >= 15 is 0 Å². The summed E-state index contributed by atoms with van der Waals surface area (Å²) in [6.07, 6.45) is 0. The van der Waals surface area contributed by atoms with Crippen molar-refractivity contribution >= 4 is 45.9 Å². The SMILES string of the molecule is CN=C(NCc1nnc(C)n1C)N1CCN(Cc2ccc(Br)c(F)c2)CC1.I. The van der Waals surface area contributed by atoms with Gasteiger partial charge in [-0.1, -0.05) is 6.07 Å². The van der Waals surface area contributed by atoms with Gasteiger partial charge in [-0.15, -0.1) is 34.2 Å². The third-order valence-corrected chi connectivity index (χ3v) is 5.50. The predicted molar refractivity (Wildman–Crippen MR) is 122 cm³/mol. The van der Waals surface area contributed by atoms with Crippen molar-refractivity contribution in [3.8, 4) is 0 Å². The van der Waals surface area contributed by atoms with E-state index in [4.69, 9.17) is 0 Å². The molecule has 1 aromatic heterocycles. The summed E-state index contributed by atoms with van der Waals surface area (Å²) in [5.41, 5.74) is 0.990. The van der Waals surface area contributed by atoms with Crippen LogP contribution in [0, 0.1) is 12.7 Å². The van der Waals surface area contributed by atoms with Gasteiger partial charge in [0.2, 0.25) is 0 Å². The molecule has 0 saturated carbocycles. The van der Waals surface area contributed by atoms with Gasteiger partial charge in [0, 0.05) is 46.8 Å². The van der Waals surface area contributed by atoms with Gasteiger partial charge >= 0.3 is 0 Å². The molecule has 1 aromatic carbocycles. The van der Waals surface area contributed by atoms with Gasteiger partial charge in [-0.05, 0) is 40.5 Å². The van der Waals surface area contributed by atoms with Crippen LogP contribution in [0.3, 0.4) is 0 Å². The Morgan fingerprint density at radius 2 is 1.96 bits per heavy atom. The first-order chi connectivity index (χ1) is 13.0. The second-order valence-corrected chi connectivity index (χ2v) is 7.49. The molecule has 0 bridgehead atoms. The third kappa shape index (κ3) is 5.63. The molecule has 0 atom stereocenters. The first-order valence-corrected chi connectivity index (χ1v) is 9.74. The molecule has 1 N–H and O–H groups in total. The van der Waals surface area contributed by atoms with Gasteiger partial charge in [0.25, 0.3) is 0 Å². The highest BCUT2D eigenvalue weighted by molar-refractivity contribution is 14.0. The Morgan fingerprint density at radius 1 is 1.25 bits per heavy atom. The van der Waals surface area contributed by atoms with E-state index < -0.39 is 0 Å². The Hall–Kier alpha value is -1.27. The van der Waals surface area contributed by atoms with Gasteiger partial charge in [-0.2, -0.15) is 0 Å². The van der Waals surface area contributed by atoms with E-state index in [9.17, 15) is 4.39 Å². The lowest BCUT2D eigenvalue weighted by Gasteiger charge is -2.36. The van der Waals surface area contributed by atoms with Crippen LogP contribution >= 0.6 is 39.9 Å². The van der Waals surface area contributed by atoms with Gasteiger partial charge in [-0.25, -0.2) is 4.39 Å². The van der Waals surface area contributed by atoms with Crippen LogP contribution in [0.15, 0.2) is 27.7 Å². The van der Waals surface area contributed by atoms with Gasteiger partial charge in [0.05, 0.1) is 11.0 Å². The summed E-state index contributed by atoms with van der Waals surface area (Å²) in [5.74, 6) is 2.42. The lowest BCUT2D eigenvalue weighted by atomic mass is 10.2. The van der Waals surface area contributed by atoms with Crippen molar-refractivity contribution in [1.29, 1.82) is 0 Å². The fourth-order valence-corrected chi connectivity index (χ4v) is 3.36. The molecule has 154 valence electrons. The zero-order valence-electron chi connectivity index (χ0n) is 16.3. The molecule has 0 spiro atoms. The molecular weight excluding hydrogens is 540 g/mol. The van der Waals surface area contributed by atoms with Crippen molar-refractivity contribution in [3.63, 3.8) is 0 Å². The number of aromatic nitrogens is 3. The Balaban J connectivity index is 0.00000280. The number of hydrogen-bond donors (Lipinski definition) is 1. The molecule has 0 aliphatic carbocycles. The van der Waals surface area contributed by atoms with Crippen molar-refractivity contribution in [2.75, 3.05) is 33.2 Å². The average molecular weight is 566 g/mol. The maximum Gasteiger partial charge on any atom is 0.194 e. The molecule has 2 aromatic rings. The van der Waals surface area contributed by atoms with Crippen LogP contribution in [-0.2, 0) is 20.1 Å². The summed E-state index contributed by atoms with van der Waals surface area (Å²) >= 11 is 3.20. The quantitative estimate of drug-likeness (QED) is 0.351. The molecule has 1 aliphatic heterocycles. The largest absolute Gasteiger partial charge is 0.349 e. The monoisotopic (exact) mass is 565 g/mol. The van der Waals surface area contributed by atoms with E-state index in [0.29, 0.717) is 11.0 Å². The van der Waals surface area contributed by atoms with E-state index in [1.165, 1.54) is 0 Å². The Morgan fingerprint density at radius 3 is 2.54 bits per heavy atom. The highest BCUT2D eigenvalue weighted by Gasteiger charge is 2.20. The number of aliphatic imine (C=N–C) groups is 1. The number of halogens is 3. The van der Waals surface area contributed by atoms with E-state index in [1.807, 2.05) is 24.6 Å². The molecule has 1 aliphatic rings. The smallest absolute Gasteiger partial charge is 0.194 e. The first-order valence-electron chi connectivity index (χ1n) is 8.94. The van der Waals surface area contributed by atoms with Crippen LogP contribution in [-0.4, -0.2) is 63.8 Å². The lowest BCUT2D eigenvalue weighted by molar-refractivity contribution is 0.172. The minimum atomic E-state index is -0.213. The number of hydrogen-bond acceptors (Lipinski definition) is 4. The standard InChI is InChI=1S/C18H25BrFN7.HI/c1-13-23-24-17(25(13)3)11-22-18(21-2)27-8-6-26(7-9-27)12-14-4-5-15(19)16(20)10-14;/h4-5,10H,6-9,11-12H2,1-3H3,(H,21,22);1H. The average Bonchev–Trinajstić information content (AvgIpc) is 2.98. The molecule has 0 radical (unpaired) electrons. The number of benzene rings is 1. The first kappa shape index (κ1) is 23.0. The fourth-order valence-electron chi connectivity index (χ4n) is 3.11. The third-order valence-electron chi connectivity index (χ3n) is 4.86. The number of nitrogens with one attached hydrogen (secondary N) is 1. The molecule has 3 rings (SSSR count). The van der Waals surface area contributed by atoms with Crippen LogP contribution in [0.1, 0.15) is 17.2 Å². The molecule has 28 heavy (non-hydrogen) atoms. The summed E-state index contributed by atoms with van der Waals surface area (Å²) in [6, 6.07) is 5.32. The van der Waals surface area contributed by atoms with Crippen LogP contribution < -0.4 is 5.32 Å². The van der Waals surface area contributed by atoms with Gasteiger partial charge in [0.15, 0.2) is 11.8 Å². The van der Waals surface area contributed by atoms with Crippen molar-refractivity contribution in [2.45, 2.75) is 20.0 Å².